The van der Waals surface area contributed by atoms with E-state index in [1.54, 1.807) is 0 Å². The molecule has 2 fully saturated rings. The van der Waals surface area contributed by atoms with Crippen LogP contribution in [0.3, 0.4) is 0 Å². The van der Waals surface area contributed by atoms with E-state index in [1.165, 1.54) is 25.0 Å². The third kappa shape index (κ3) is 3.62. The Kier molecular flexibility index (Phi) is 4.74. The number of amides is 1. The number of hydrogen-bond donors (Lipinski definition) is 1. The van der Waals surface area contributed by atoms with E-state index in [2.05, 4.69) is 19.2 Å². The molecule has 2 saturated heterocycles. The van der Waals surface area contributed by atoms with Gasteiger partial charge in [0.05, 0.1) is 12.7 Å². The topological polar surface area (TPSA) is 32.3 Å². The molecule has 2 atom stereocenters. The van der Waals surface area contributed by atoms with Crippen LogP contribution in [0.5, 0.6) is 0 Å². The Balaban J connectivity index is 1.80. The first-order valence-electron chi connectivity index (χ1n) is 6.80. The maximum absolute atomic E-state index is 12.2. The number of carbonyl (C=O) groups is 1. The lowest BCUT2D eigenvalue weighted by atomic mass is 10.0. The Hall–Kier alpha value is -0.220. The molecular weight excluding hydrogens is 232 g/mol. The van der Waals surface area contributed by atoms with Crippen molar-refractivity contribution < 1.29 is 4.79 Å². The van der Waals surface area contributed by atoms with Gasteiger partial charge in [0, 0.05) is 11.8 Å². The average Bonchev–Trinajstić information content (AvgIpc) is 2.62. The first kappa shape index (κ1) is 13.2. The maximum atomic E-state index is 12.2. The van der Waals surface area contributed by atoms with Crippen LogP contribution in [0.4, 0.5) is 0 Å². The molecular formula is C13H24N2OS. The van der Waals surface area contributed by atoms with E-state index in [0.29, 0.717) is 17.1 Å². The van der Waals surface area contributed by atoms with E-state index in [1.807, 2.05) is 16.7 Å². The molecule has 1 N–H and O–H groups in total. The van der Waals surface area contributed by atoms with Crippen LogP contribution >= 0.6 is 11.8 Å². The lowest BCUT2D eigenvalue weighted by Crippen LogP contribution is -2.36. The zero-order valence-electron chi connectivity index (χ0n) is 10.9. The lowest BCUT2D eigenvalue weighted by molar-refractivity contribution is -0.129. The van der Waals surface area contributed by atoms with Crippen LogP contribution in [-0.4, -0.2) is 41.1 Å². The monoisotopic (exact) mass is 256 g/mol. The van der Waals surface area contributed by atoms with Crippen LogP contribution in [0, 0.1) is 5.92 Å². The molecule has 2 rings (SSSR count). The van der Waals surface area contributed by atoms with Crippen LogP contribution in [0.25, 0.3) is 0 Å². The molecule has 0 aromatic rings. The fourth-order valence-corrected chi connectivity index (χ4v) is 3.94. The Morgan fingerprint density at radius 1 is 1.47 bits per heavy atom. The van der Waals surface area contributed by atoms with Crippen LogP contribution in [0.15, 0.2) is 0 Å². The van der Waals surface area contributed by atoms with Gasteiger partial charge in [0.25, 0.3) is 0 Å². The summed E-state index contributed by atoms with van der Waals surface area (Å²) in [5.41, 5.74) is 0. The van der Waals surface area contributed by atoms with Crippen molar-refractivity contribution in [2.24, 2.45) is 5.92 Å². The fraction of sp³-hybridized carbons (Fsp3) is 0.923. The van der Waals surface area contributed by atoms with Crippen molar-refractivity contribution in [1.82, 2.24) is 10.2 Å². The van der Waals surface area contributed by atoms with Crippen molar-refractivity contribution in [3.05, 3.63) is 0 Å². The minimum absolute atomic E-state index is 0.0728. The normalized spacial score (nSPS) is 30.3. The number of rotatable bonds is 4. The Bertz CT molecular complexity index is 264. The van der Waals surface area contributed by atoms with Crippen molar-refractivity contribution in [3.63, 3.8) is 0 Å². The third-order valence-electron chi connectivity index (χ3n) is 3.54. The molecule has 0 aliphatic carbocycles. The highest BCUT2D eigenvalue weighted by Gasteiger charge is 2.32. The molecule has 0 aromatic carbocycles. The number of nitrogens with zero attached hydrogens (tertiary/aromatic N) is 1. The Morgan fingerprint density at radius 2 is 2.29 bits per heavy atom. The summed E-state index contributed by atoms with van der Waals surface area (Å²) in [6, 6.07) is 0.0728. The average molecular weight is 256 g/mol. The molecule has 3 nitrogen and oxygen atoms in total. The van der Waals surface area contributed by atoms with E-state index in [-0.39, 0.29) is 6.04 Å². The summed E-state index contributed by atoms with van der Waals surface area (Å²) < 4.78 is 0. The van der Waals surface area contributed by atoms with Crippen LogP contribution in [0.2, 0.25) is 0 Å². The zero-order valence-corrected chi connectivity index (χ0v) is 11.8. The summed E-state index contributed by atoms with van der Waals surface area (Å²) in [7, 11) is 0. The summed E-state index contributed by atoms with van der Waals surface area (Å²) in [6.45, 7) is 6.06. The van der Waals surface area contributed by atoms with Gasteiger partial charge < -0.3 is 4.90 Å². The number of nitrogens with one attached hydrogen (secondary N) is 1. The van der Waals surface area contributed by atoms with Gasteiger partial charge in [-0.2, -0.15) is 11.8 Å². The molecule has 2 heterocycles. The third-order valence-corrected chi connectivity index (χ3v) is 4.92. The van der Waals surface area contributed by atoms with Gasteiger partial charge in [-0.25, -0.2) is 0 Å². The Morgan fingerprint density at radius 3 is 2.94 bits per heavy atom. The fourth-order valence-electron chi connectivity index (χ4n) is 2.61. The minimum Gasteiger partial charge on any atom is -0.327 e. The predicted molar refractivity (Wildman–Crippen MR) is 73.1 cm³/mol. The number of carbonyl (C=O) groups excluding carboxylic acids is 1. The van der Waals surface area contributed by atoms with Gasteiger partial charge >= 0.3 is 0 Å². The van der Waals surface area contributed by atoms with Crippen molar-refractivity contribution >= 4 is 17.7 Å². The van der Waals surface area contributed by atoms with E-state index in [9.17, 15) is 4.79 Å². The molecule has 2 aliphatic rings. The molecule has 2 unspecified atom stereocenters. The second-order valence-corrected chi connectivity index (χ2v) is 7.00. The minimum atomic E-state index is 0.0728. The van der Waals surface area contributed by atoms with E-state index >= 15 is 0 Å². The quantitative estimate of drug-likeness (QED) is 0.836. The molecule has 2 aliphatic heterocycles. The molecule has 0 spiro atoms. The molecule has 17 heavy (non-hydrogen) atoms. The van der Waals surface area contributed by atoms with Crippen molar-refractivity contribution in [2.45, 2.75) is 50.8 Å². The van der Waals surface area contributed by atoms with Gasteiger partial charge in [-0.15, -0.1) is 0 Å². The lowest BCUT2D eigenvalue weighted by Gasteiger charge is -2.26. The first-order chi connectivity index (χ1) is 8.16. The summed E-state index contributed by atoms with van der Waals surface area (Å²) in [6.07, 6.45) is 4.93. The SMILES string of the molecule is CC(C)CC1NCN(CC2CCCCS2)C1=O. The number of hydrogen-bond acceptors (Lipinski definition) is 3. The molecule has 0 bridgehead atoms. The standard InChI is InChI=1S/C13H24N2OS/c1-10(2)7-12-13(16)15(9-14-12)8-11-5-3-4-6-17-11/h10-12,14H,3-9H2,1-2H3. The summed E-state index contributed by atoms with van der Waals surface area (Å²) in [5.74, 6) is 2.18. The van der Waals surface area contributed by atoms with Crippen molar-refractivity contribution in [2.75, 3.05) is 19.0 Å². The molecule has 1 amide bonds. The molecule has 0 saturated carbocycles. The second-order valence-electron chi connectivity index (χ2n) is 5.59. The van der Waals surface area contributed by atoms with Crippen LogP contribution < -0.4 is 5.32 Å². The second kappa shape index (κ2) is 6.10. The van der Waals surface area contributed by atoms with Crippen molar-refractivity contribution in [3.8, 4) is 0 Å². The van der Waals surface area contributed by atoms with E-state index < -0.39 is 0 Å². The zero-order chi connectivity index (χ0) is 12.3. The smallest absolute Gasteiger partial charge is 0.240 e. The highest BCUT2D eigenvalue weighted by Crippen LogP contribution is 2.26. The first-order valence-corrected chi connectivity index (χ1v) is 7.85. The van der Waals surface area contributed by atoms with Gasteiger partial charge in [0.1, 0.15) is 0 Å². The van der Waals surface area contributed by atoms with Gasteiger partial charge in [-0.05, 0) is 30.9 Å². The summed E-state index contributed by atoms with van der Waals surface area (Å²) >= 11 is 2.05. The maximum Gasteiger partial charge on any atom is 0.240 e. The Labute approximate surface area is 109 Å². The van der Waals surface area contributed by atoms with E-state index in [0.717, 1.165) is 19.6 Å². The van der Waals surface area contributed by atoms with Gasteiger partial charge in [0.15, 0.2) is 0 Å². The van der Waals surface area contributed by atoms with Crippen LogP contribution in [-0.2, 0) is 4.79 Å². The molecule has 0 radical (unpaired) electrons. The van der Waals surface area contributed by atoms with Gasteiger partial charge in [-0.3, -0.25) is 10.1 Å². The summed E-state index contributed by atoms with van der Waals surface area (Å²) in [5, 5.41) is 4.02. The molecule has 4 heteroatoms. The van der Waals surface area contributed by atoms with Crippen LogP contribution in [0.1, 0.15) is 39.5 Å². The van der Waals surface area contributed by atoms with E-state index in [4.69, 9.17) is 0 Å². The summed E-state index contributed by atoms with van der Waals surface area (Å²) in [4.78, 5) is 14.2. The van der Waals surface area contributed by atoms with Gasteiger partial charge in [-0.1, -0.05) is 20.3 Å². The van der Waals surface area contributed by atoms with Gasteiger partial charge in [0.2, 0.25) is 5.91 Å². The molecule has 0 aromatic heterocycles. The largest absolute Gasteiger partial charge is 0.327 e. The molecule has 98 valence electrons. The highest BCUT2D eigenvalue weighted by molar-refractivity contribution is 7.99. The highest BCUT2D eigenvalue weighted by atomic mass is 32.2. The predicted octanol–water partition coefficient (Wildman–Crippen LogP) is 2.08. The number of thioether (sulfide) groups is 1. The van der Waals surface area contributed by atoms with Crippen molar-refractivity contribution in [1.29, 1.82) is 0 Å².